The molecule has 13 N–H and O–H groups in total. The third-order valence-corrected chi connectivity index (χ3v) is 0.444. The van der Waals surface area contributed by atoms with Gasteiger partial charge in [-0.3, -0.25) is 0 Å². The van der Waals surface area contributed by atoms with Gasteiger partial charge in [-0.2, -0.15) is 0 Å². The monoisotopic (exact) mass is 191 g/mol. The summed E-state index contributed by atoms with van der Waals surface area (Å²) in [5.74, 6) is 4.18. The zero-order chi connectivity index (χ0) is 10.9. The van der Waals surface area contributed by atoms with Gasteiger partial charge in [0.1, 0.15) is 0 Å². The van der Waals surface area contributed by atoms with Gasteiger partial charge < -0.3 is 34.5 Å². The van der Waals surface area contributed by atoms with E-state index < -0.39 is 6.03 Å². The molecule has 0 heterocycles. The van der Waals surface area contributed by atoms with Gasteiger partial charge in [-0.15, -0.1) is 10.2 Å². The van der Waals surface area contributed by atoms with Crippen LogP contribution in [0.2, 0.25) is 0 Å². The minimum Gasteiger partial charge on any atom is -0.369 e. The molecule has 0 aliphatic carbocycles. The predicted octanol–water partition coefficient (Wildman–Crippen LogP) is -4.02. The summed E-state index contributed by atoms with van der Waals surface area (Å²) in [5, 5.41) is 5.93. The number of primary amides is 1. The average Bonchev–Trinajstić information content (AvgIpc) is 2.02. The molecule has 0 saturated heterocycles. The van der Waals surface area contributed by atoms with Crippen LogP contribution in [-0.4, -0.2) is 18.0 Å². The number of urea groups is 1. The van der Waals surface area contributed by atoms with Crippen molar-refractivity contribution in [2.24, 2.45) is 44.7 Å². The lowest BCUT2D eigenvalue weighted by molar-refractivity contribution is 0.249. The van der Waals surface area contributed by atoms with Gasteiger partial charge in [-0.25, -0.2) is 10.2 Å². The quantitative estimate of drug-likeness (QED) is 0.0947. The zero-order valence-electron chi connectivity index (χ0n) is 6.77. The number of hydrazone groups is 2. The van der Waals surface area contributed by atoms with E-state index in [1.165, 1.54) is 0 Å². The van der Waals surface area contributed by atoms with Crippen molar-refractivity contribution in [3.05, 3.63) is 0 Å². The van der Waals surface area contributed by atoms with Crippen molar-refractivity contribution in [1.29, 1.82) is 0 Å². The van der Waals surface area contributed by atoms with Crippen LogP contribution in [0.15, 0.2) is 10.2 Å². The molecule has 0 fully saturated rings. The van der Waals surface area contributed by atoms with E-state index in [9.17, 15) is 4.79 Å². The van der Waals surface area contributed by atoms with Crippen LogP contribution >= 0.6 is 0 Å². The summed E-state index contributed by atoms with van der Waals surface area (Å²) in [6.07, 6.45) is 0. The molecule has 0 rings (SSSR count). The number of guanidine groups is 2. The molecule has 76 valence electrons. The molecule has 2 amide bonds. The Hall–Kier alpha value is -2.39. The van der Waals surface area contributed by atoms with Crippen molar-refractivity contribution >= 4 is 18.0 Å². The standard InChI is InChI=1S/C2H7N5O.CH6N4/c3-1(4)6-7-2(5)8;2-1(3)5-4/h(H4,3,4,6)(H3,5,7,8);4H2,(H4,2,3,5). The predicted molar refractivity (Wildman–Crippen MR) is 48.5 cm³/mol. The van der Waals surface area contributed by atoms with Gasteiger partial charge in [0.15, 0.2) is 0 Å². The van der Waals surface area contributed by atoms with Crippen molar-refractivity contribution in [2.45, 2.75) is 0 Å². The lowest BCUT2D eigenvalue weighted by Crippen LogP contribution is -2.31. The van der Waals surface area contributed by atoms with Gasteiger partial charge in [-0.05, 0) is 0 Å². The number of hydrogen-bond acceptors (Lipinski definition) is 4. The van der Waals surface area contributed by atoms with E-state index in [1.807, 2.05) is 5.43 Å². The van der Waals surface area contributed by atoms with Crippen LogP contribution in [0.1, 0.15) is 0 Å². The number of carbonyl (C=O) groups excluding carboxylic acids is 1. The Morgan fingerprint density at radius 1 is 1.00 bits per heavy atom. The molecule has 0 bridgehead atoms. The Kier molecular flexibility index (Phi) is 7.84. The molecule has 0 aromatic rings. The van der Waals surface area contributed by atoms with E-state index >= 15 is 0 Å². The van der Waals surface area contributed by atoms with Gasteiger partial charge in [0.05, 0.1) is 0 Å². The van der Waals surface area contributed by atoms with Crippen molar-refractivity contribution in [3.63, 3.8) is 0 Å². The van der Waals surface area contributed by atoms with Crippen LogP contribution in [0.5, 0.6) is 0 Å². The second kappa shape index (κ2) is 7.71. The lowest BCUT2D eigenvalue weighted by atomic mass is 11.1. The van der Waals surface area contributed by atoms with Gasteiger partial charge in [0.25, 0.3) is 0 Å². The maximum atomic E-state index is 9.80. The number of carbonyl (C=O) groups is 1. The number of nitrogens with two attached hydrogens (primary N) is 6. The number of rotatable bonds is 1. The highest BCUT2D eigenvalue weighted by atomic mass is 16.2. The van der Waals surface area contributed by atoms with E-state index in [1.54, 1.807) is 0 Å². The first-order valence-corrected chi connectivity index (χ1v) is 2.83. The van der Waals surface area contributed by atoms with Gasteiger partial charge in [-0.1, -0.05) is 0 Å². The first-order valence-electron chi connectivity index (χ1n) is 2.83. The molecular formula is C3H13N9O. The Bertz CT molecular complexity index is 199. The summed E-state index contributed by atoms with van der Waals surface area (Å²) in [5.41, 5.74) is 25.4. The molecule has 10 nitrogen and oxygen atoms in total. The fourth-order valence-electron chi connectivity index (χ4n) is 0.120. The average molecular weight is 191 g/mol. The smallest absolute Gasteiger partial charge is 0.332 e. The highest BCUT2D eigenvalue weighted by Crippen LogP contribution is 1.53. The molecule has 0 spiro atoms. The first kappa shape index (κ1) is 13.2. The molecular weight excluding hydrogens is 178 g/mol. The van der Waals surface area contributed by atoms with Crippen molar-refractivity contribution in [2.75, 3.05) is 0 Å². The number of amides is 2. The highest BCUT2D eigenvalue weighted by molar-refractivity contribution is 5.78. The third-order valence-electron chi connectivity index (χ3n) is 0.444. The molecule has 0 atom stereocenters. The van der Waals surface area contributed by atoms with Gasteiger partial charge in [0, 0.05) is 0 Å². The Morgan fingerprint density at radius 3 is 1.46 bits per heavy atom. The second-order valence-corrected chi connectivity index (χ2v) is 1.57. The maximum Gasteiger partial charge on any atom is 0.332 e. The molecule has 13 heavy (non-hydrogen) atoms. The molecule has 0 aliphatic rings. The van der Waals surface area contributed by atoms with Gasteiger partial charge in [0.2, 0.25) is 11.9 Å². The van der Waals surface area contributed by atoms with Crippen LogP contribution in [0, 0.1) is 0 Å². The second-order valence-electron chi connectivity index (χ2n) is 1.57. The van der Waals surface area contributed by atoms with E-state index in [4.69, 9.17) is 22.9 Å². The van der Waals surface area contributed by atoms with Crippen molar-refractivity contribution in [1.82, 2.24) is 5.43 Å². The molecule has 0 radical (unpaired) electrons. The molecule has 0 saturated carbocycles. The molecule has 0 aromatic carbocycles. The Balaban J connectivity index is 0. The third kappa shape index (κ3) is 26.2. The van der Waals surface area contributed by atoms with Crippen LogP contribution in [0.4, 0.5) is 4.79 Å². The molecule has 0 aromatic heterocycles. The van der Waals surface area contributed by atoms with Crippen LogP contribution < -0.4 is 39.9 Å². The maximum absolute atomic E-state index is 9.80. The topological polar surface area (TPSA) is 210 Å². The molecule has 10 heteroatoms. The minimum atomic E-state index is -0.793. The summed E-state index contributed by atoms with van der Waals surface area (Å²) in [4.78, 5) is 9.80. The Morgan fingerprint density at radius 2 is 1.38 bits per heavy atom. The fourth-order valence-corrected chi connectivity index (χ4v) is 0.120. The highest BCUT2D eigenvalue weighted by Gasteiger charge is 1.83. The molecule has 0 aliphatic heterocycles. The lowest BCUT2D eigenvalue weighted by Gasteiger charge is -1.89. The number of nitrogens with one attached hydrogen (secondary N) is 1. The summed E-state index contributed by atoms with van der Waals surface area (Å²) in [6, 6.07) is -0.793. The minimum absolute atomic E-state index is 0.0926. The Labute approximate surface area is 74.0 Å². The van der Waals surface area contributed by atoms with Crippen molar-refractivity contribution in [3.8, 4) is 0 Å². The van der Waals surface area contributed by atoms with E-state index in [0.717, 1.165) is 0 Å². The van der Waals surface area contributed by atoms with Crippen molar-refractivity contribution < 1.29 is 4.79 Å². The summed E-state index contributed by atoms with van der Waals surface area (Å²) < 4.78 is 0. The van der Waals surface area contributed by atoms with E-state index in [-0.39, 0.29) is 11.9 Å². The first-order chi connectivity index (χ1) is 5.90. The van der Waals surface area contributed by atoms with Crippen LogP contribution in [-0.2, 0) is 0 Å². The van der Waals surface area contributed by atoms with Gasteiger partial charge >= 0.3 is 6.03 Å². The van der Waals surface area contributed by atoms with E-state index in [0.29, 0.717) is 0 Å². The summed E-state index contributed by atoms with van der Waals surface area (Å²) in [6.45, 7) is 0. The normalized spacial score (nSPS) is 7.08. The zero-order valence-corrected chi connectivity index (χ0v) is 6.77. The number of nitrogens with zero attached hydrogens (tertiary/aromatic N) is 2. The number of hydrogen-bond donors (Lipinski definition) is 7. The largest absolute Gasteiger partial charge is 0.369 e. The summed E-state index contributed by atoms with van der Waals surface area (Å²) >= 11 is 0. The van der Waals surface area contributed by atoms with E-state index in [2.05, 4.69) is 21.8 Å². The molecule has 0 unspecified atom stereocenters. The van der Waals surface area contributed by atoms with Crippen LogP contribution in [0.3, 0.4) is 0 Å². The SMILES string of the molecule is NC(=O)NN=C(N)N.NN=C(N)N. The van der Waals surface area contributed by atoms with Crippen LogP contribution in [0.25, 0.3) is 0 Å². The summed E-state index contributed by atoms with van der Waals surface area (Å²) in [7, 11) is 0. The fraction of sp³-hybridized carbons (Fsp3) is 0.